The molecule has 1 saturated heterocycles. The van der Waals surface area contributed by atoms with Gasteiger partial charge in [-0.15, -0.1) is 0 Å². The number of carbonyl (C=O) groups is 1. The van der Waals surface area contributed by atoms with Crippen molar-refractivity contribution in [3.63, 3.8) is 0 Å². The molecular formula is C15H19N3O3. The summed E-state index contributed by atoms with van der Waals surface area (Å²) in [6.07, 6.45) is 2.25. The maximum atomic E-state index is 12.6. The first kappa shape index (κ1) is 13.9. The van der Waals surface area contributed by atoms with Gasteiger partial charge in [0.05, 0.1) is 18.2 Å². The monoisotopic (exact) mass is 289 g/mol. The van der Waals surface area contributed by atoms with Crippen LogP contribution in [0.4, 0.5) is 0 Å². The van der Waals surface area contributed by atoms with Crippen molar-refractivity contribution in [2.75, 3.05) is 6.54 Å². The van der Waals surface area contributed by atoms with Crippen molar-refractivity contribution in [1.82, 2.24) is 15.2 Å². The largest absolute Gasteiger partial charge is 0.361 e. The van der Waals surface area contributed by atoms with E-state index in [1.165, 1.54) is 0 Å². The van der Waals surface area contributed by atoms with Gasteiger partial charge in [-0.25, -0.2) is 0 Å². The standard InChI is InChI=1S/C15H19N3O3/c1-9-7-13(17-20-9)14-5-4-6-18(14)15(19)8-12-10(2)16-21-11(12)3/h7,14H,4-6,8H2,1-3H3. The van der Waals surface area contributed by atoms with Crippen LogP contribution in [-0.2, 0) is 11.2 Å². The molecule has 0 radical (unpaired) electrons. The molecular weight excluding hydrogens is 270 g/mol. The van der Waals surface area contributed by atoms with Crippen LogP contribution in [0.1, 0.15) is 47.4 Å². The van der Waals surface area contributed by atoms with Gasteiger partial charge in [0.2, 0.25) is 5.91 Å². The van der Waals surface area contributed by atoms with Crippen LogP contribution in [0.2, 0.25) is 0 Å². The molecule has 2 aromatic heterocycles. The summed E-state index contributed by atoms with van der Waals surface area (Å²) < 4.78 is 10.3. The lowest BCUT2D eigenvalue weighted by atomic mass is 10.1. The fraction of sp³-hybridized carbons (Fsp3) is 0.533. The zero-order valence-electron chi connectivity index (χ0n) is 12.5. The Kier molecular flexibility index (Phi) is 3.53. The number of likely N-dealkylation sites (tertiary alicyclic amines) is 1. The fourth-order valence-electron chi connectivity index (χ4n) is 2.92. The second-order valence-corrected chi connectivity index (χ2v) is 5.59. The Bertz CT molecular complexity index is 639. The van der Waals surface area contributed by atoms with Gasteiger partial charge in [0, 0.05) is 18.2 Å². The number of carbonyl (C=O) groups excluding carboxylic acids is 1. The fourth-order valence-corrected chi connectivity index (χ4v) is 2.92. The molecule has 6 heteroatoms. The lowest BCUT2D eigenvalue weighted by Crippen LogP contribution is -2.32. The van der Waals surface area contributed by atoms with Gasteiger partial charge in [-0.3, -0.25) is 4.79 Å². The highest BCUT2D eigenvalue weighted by atomic mass is 16.5. The number of aromatic nitrogens is 2. The molecule has 1 fully saturated rings. The summed E-state index contributed by atoms with van der Waals surface area (Å²) in [6, 6.07) is 1.93. The first-order valence-corrected chi connectivity index (χ1v) is 7.20. The number of nitrogens with zero attached hydrogens (tertiary/aromatic N) is 3. The summed E-state index contributed by atoms with van der Waals surface area (Å²) in [6.45, 7) is 6.33. The molecule has 1 atom stereocenters. The molecule has 0 bridgehead atoms. The Balaban J connectivity index is 1.77. The summed E-state index contributed by atoms with van der Waals surface area (Å²) >= 11 is 0. The lowest BCUT2D eigenvalue weighted by Gasteiger charge is -2.23. The molecule has 1 aliphatic heterocycles. The van der Waals surface area contributed by atoms with E-state index in [2.05, 4.69) is 10.3 Å². The van der Waals surface area contributed by atoms with E-state index in [0.717, 1.165) is 42.1 Å². The van der Waals surface area contributed by atoms with E-state index in [1.54, 1.807) is 0 Å². The average molecular weight is 289 g/mol. The summed E-state index contributed by atoms with van der Waals surface area (Å²) in [5, 5.41) is 7.97. The molecule has 2 aromatic rings. The second kappa shape index (κ2) is 5.35. The van der Waals surface area contributed by atoms with Gasteiger partial charge in [-0.2, -0.15) is 0 Å². The van der Waals surface area contributed by atoms with Crippen LogP contribution in [0, 0.1) is 20.8 Å². The number of hydrogen-bond donors (Lipinski definition) is 0. The Morgan fingerprint density at radius 2 is 2.14 bits per heavy atom. The minimum Gasteiger partial charge on any atom is -0.361 e. The first-order valence-electron chi connectivity index (χ1n) is 7.20. The molecule has 112 valence electrons. The number of aryl methyl sites for hydroxylation is 3. The van der Waals surface area contributed by atoms with Gasteiger partial charge >= 0.3 is 0 Å². The zero-order chi connectivity index (χ0) is 15.0. The molecule has 0 aliphatic carbocycles. The van der Waals surface area contributed by atoms with Gasteiger partial charge in [0.25, 0.3) is 0 Å². The van der Waals surface area contributed by atoms with Crippen molar-refractivity contribution in [3.05, 3.63) is 34.5 Å². The molecule has 3 rings (SSSR count). The van der Waals surface area contributed by atoms with Crippen LogP contribution in [-0.4, -0.2) is 27.7 Å². The molecule has 21 heavy (non-hydrogen) atoms. The first-order chi connectivity index (χ1) is 10.1. The Morgan fingerprint density at radius 3 is 2.76 bits per heavy atom. The average Bonchev–Trinajstić information content (AvgIpc) is 3.14. The summed E-state index contributed by atoms with van der Waals surface area (Å²) in [7, 11) is 0. The molecule has 1 aliphatic rings. The van der Waals surface area contributed by atoms with Crippen molar-refractivity contribution in [3.8, 4) is 0 Å². The normalized spacial score (nSPS) is 18.4. The smallest absolute Gasteiger partial charge is 0.227 e. The molecule has 0 aromatic carbocycles. The third-order valence-electron chi connectivity index (χ3n) is 4.07. The third-order valence-corrected chi connectivity index (χ3v) is 4.07. The highest BCUT2D eigenvalue weighted by Crippen LogP contribution is 2.32. The van der Waals surface area contributed by atoms with Crippen molar-refractivity contribution >= 4 is 5.91 Å². The topological polar surface area (TPSA) is 72.4 Å². The minimum absolute atomic E-state index is 0.0235. The second-order valence-electron chi connectivity index (χ2n) is 5.59. The molecule has 3 heterocycles. The van der Waals surface area contributed by atoms with E-state index in [9.17, 15) is 4.79 Å². The van der Waals surface area contributed by atoms with Crippen LogP contribution in [0.3, 0.4) is 0 Å². The van der Waals surface area contributed by atoms with E-state index in [0.29, 0.717) is 12.2 Å². The molecule has 0 N–H and O–H groups in total. The maximum Gasteiger partial charge on any atom is 0.227 e. The highest BCUT2D eigenvalue weighted by Gasteiger charge is 2.32. The van der Waals surface area contributed by atoms with E-state index >= 15 is 0 Å². The van der Waals surface area contributed by atoms with Gasteiger partial charge in [0.1, 0.15) is 17.2 Å². The highest BCUT2D eigenvalue weighted by molar-refractivity contribution is 5.80. The van der Waals surface area contributed by atoms with Crippen LogP contribution in [0.25, 0.3) is 0 Å². The Morgan fingerprint density at radius 1 is 1.33 bits per heavy atom. The third kappa shape index (κ3) is 2.57. The molecule has 1 unspecified atom stereocenters. The molecule has 6 nitrogen and oxygen atoms in total. The summed E-state index contributed by atoms with van der Waals surface area (Å²) in [5.74, 6) is 1.58. The van der Waals surface area contributed by atoms with E-state index in [1.807, 2.05) is 31.7 Å². The van der Waals surface area contributed by atoms with Gasteiger partial charge in [-0.1, -0.05) is 10.3 Å². The maximum absolute atomic E-state index is 12.6. The molecule has 1 amide bonds. The van der Waals surface area contributed by atoms with E-state index in [4.69, 9.17) is 9.05 Å². The van der Waals surface area contributed by atoms with Crippen LogP contribution in [0.15, 0.2) is 15.1 Å². The molecule has 0 spiro atoms. The SMILES string of the molecule is Cc1cc(C2CCCN2C(=O)Cc2c(C)noc2C)no1. The van der Waals surface area contributed by atoms with Gasteiger partial charge in [-0.05, 0) is 33.6 Å². The predicted molar refractivity (Wildman–Crippen MR) is 74.6 cm³/mol. The quantitative estimate of drug-likeness (QED) is 0.868. The van der Waals surface area contributed by atoms with Gasteiger partial charge in [0.15, 0.2) is 0 Å². The minimum atomic E-state index is 0.0235. The summed E-state index contributed by atoms with van der Waals surface area (Å²) in [5.41, 5.74) is 2.52. The van der Waals surface area contributed by atoms with Crippen molar-refractivity contribution in [2.45, 2.75) is 46.1 Å². The number of hydrogen-bond acceptors (Lipinski definition) is 5. The Hall–Kier alpha value is -2.11. The van der Waals surface area contributed by atoms with Crippen LogP contribution >= 0.6 is 0 Å². The Labute approximate surface area is 123 Å². The van der Waals surface area contributed by atoms with E-state index < -0.39 is 0 Å². The van der Waals surface area contributed by atoms with Crippen molar-refractivity contribution in [2.24, 2.45) is 0 Å². The predicted octanol–water partition coefficient (Wildman–Crippen LogP) is 2.49. The van der Waals surface area contributed by atoms with Gasteiger partial charge < -0.3 is 13.9 Å². The molecule has 0 saturated carbocycles. The van der Waals surface area contributed by atoms with Crippen molar-refractivity contribution in [1.29, 1.82) is 0 Å². The van der Waals surface area contributed by atoms with Crippen LogP contribution < -0.4 is 0 Å². The summed E-state index contributed by atoms with van der Waals surface area (Å²) in [4.78, 5) is 14.5. The number of rotatable bonds is 3. The van der Waals surface area contributed by atoms with E-state index in [-0.39, 0.29) is 11.9 Å². The van der Waals surface area contributed by atoms with Crippen LogP contribution in [0.5, 0.6) is 0 Å². The zero-order valence-corrected chi connectivity index (χ0v) is 12.5. The lowest BCUT2D eigenvalue weighted by molar-refractivity contribution is -0.131. The number of amides is 1. The van der Waals surface area contributed by atoms with Crippen molar-refractivity contribution < 1.29 is 13.8 Å².